The van der Waals surface area contributed by atoms with E-state index < -0.39 is 0 Å². The molecule has 0 amide bonds. The molecule has 1 aromatic carbocycles. The Labute approximate surface area is 123 Å². The topological polar surface area (TPSA) is 69.2 Å². The SMILES string of the molecule is O=c1[nH]c2ccccc2nc1CN1CCCC(CCO)C1. The number of nitrogens with one attached hydrogen (secondary N) is 1. The zero-order chi connectivity index (χ0) is 14.7. The number of aliphatic hydroxyl groups excluding tert-OH is 1. The number of aromatic nitrogens is 2. The maximum atomic E-state index is 12.1. The number of hydrogen-bond acceptors (Lipinski definition) is 4. The third kappa shape index (κ3) is 3.31. The van der Waals surface area contributed by atoms with Crippen LogP contribution in [0.5, 0.6) is 0 Å². The van der Waals surface area contributed by atoms with E-state index in [9.17, 15) is 4.79 Å². The van der Waals surface area contributed by atoms with Gasteiger partial charge in [-0.05, 0) is 43.9 Å². The molecule has 3 rings (SSSR count). The molecule has 1 aliphatic rings. The first-order valence-electron chi connectivity index (χ1n) is 7.57. The number of benzene rings is 1. The Morgan fingerprint density at radius 3 is 3.10 bits per heavy atom. The Bertz CT molecular complexity index is 666. The molecular formula is C16H21N3O2. The van der Waals surface area contributed by atoms with Crippen molar-refractivity contribution in [3.05, 3.63) is 40.3 Å². The Morgan fingerprint density at radius 2 is 2.24 bits per heavy atom. The summed E-state index contributed by atoms with van der Waals surface area (Å²) in [5.74, 6) is 0.531. The fraction of sp³-hybridized carbons (Fsp3) is 0.500. The number of piperidine rings is 1. The minimum Gasteiger partial charge on any atom is -0.396 e. The third-order valence-electron chi connectivity index (χ3n) is 4.18. The van der Waals surface area contributed by atoms with E-state index in [1.807, 2.05) is 24.3 Å². The van der Waals surface area contributed by atoms with Crippen LogP contribution in [0.2, 0.25) is 0 Å². The summed E-state index contributed by atoms with van der Waals surface area (Å²) in [5, 5.41) is 9.07. The van der Waals surface area contributed by atoms with Gasteiger partial charge in [-0.2, -0.15) is 0 Å². The van der Waals surface area contributed by atoms with Crippen molar-refractivity contribution in [1.82, 2.24) is 14.9 Å². The van der Waals surface area contributed by atoms with Crippen LogP contribution in [0, 0.1) is 5.92 Å². The number of aromatic amines is 1. The normalized spacial score (nSPS) is 20.0. The van der Waals surface area contributed by atoms with Crippen molar-refractivity contribution < 1.29 is 5.11 Å². The summed E-state index contributed by atoms with van der Waals surface area (Å²) in [5.41, 5.74) is 2.09. The predicted octanol–water partition coefficient (Wildman–Crippen LogP) is 1.52. The van der Waals surface area contributed by atoms with Gasteiger partial charge in [0, 0.05) is 19.7 Å². The van der Waals surface area contributed by atoms with Crippen LogP contribution in [0.1, 0.15) is 25.0 Å². The maximum absolute atomic E-state index is 12.1. The van der Waals surface area contributed by atoms with Gasteiger partial charge in [-0.1, -0.05) is 12.1 Å². The maximum Gasteiger partial charge on any atom is 0.271 e. The van der Waals surface area contributed by atoms with Crippen LogP contribution in [0.3, 0.4) is 0 Å². The smallest absolute Gasteiger partial charge is 0.271 e. The molecule has 1 fully saturated rings. The van der Waals surface area contributed by atoms with Crippen molar-refractivity contribution in [2.24, 2.45) is 5.92 Å². The van der Waals surface area contributed by atoms with Crippen molar-refractivity contribution in [3.63, 3.8) is 0 Å². The molecule has 1 aromatic heterocycles. The average molecular weight is 287 g/mol. The molecule has 0 radical (unpaired) electrons. The average Bonchev–Trinajstić information content (AvgIpc) is 2.49. The first kappa shape index (κ1) is 14.2. The van der Waals surface area contributed by atoms with Gasteiger partial charge in [0.05, 0.1) is 11.0 Å². The monoisotopic (exact) mass is 287 g/mol. The first-order valence-corrected chi connectivity index (χ1v) is 7.57. The standard InChI is InChI=1S/C16H21N3O2/c20-9-7-12-4-3-8-19(10-12)11-15-16(21)18-14-6-2-1-5-13(14)17-15/h1-2,5-6,12,20H,3-4,7-11H2,(H,18,21). The second-order valence-electron chi connectivity index (χ2n) is 5.79. The Balaban J connectivity index is 1.78. The molecule has 0 spiro atoms. The Kier molecular flexibility index (Phi) is 4.31. The quantitative estimate of drug-likeness (QED) is 0.894. The zero-order valence-corrected chi connectivity index (χ0v) is 12.1. The van der Waals surface area contributed by atoms with Crippen molar-refractivity contribution in [2.45, 2.75) is 25.8 Å². The minimum atomic E-state index is -0.0991. The van der Waals surface area contributed by atoms with Gasteiger partial charge in [-0.3, -0.25) is 9.69 Å². The number of H-pyrrole nitrogens is 1. The molecule has 1 saturated heterocycles. The molecule has 21 heavy (non-hydrogen) atoms. The molecule has 0 saturated carbocycles. The Hall–Kier alpha value is -1.72. The summed E-state index contributed by atoms with van der Waals surface area (Å²) in [6.45, 7) is 2.76. The molecule has 5 nitrogen and oxygen atoms in total. The van der Waals surface area contributed by atoms with E-state index >= 15 is 0 Å². The highest BCUT2D eigenvalue weighted by molar-refractivity contribution is 5.73. The van der Waals surface area contributed by atoms with E-state index in [1.165, 1.54) is 6.42 Å². The van der Waals surface area contributed by atoms with Gasteiger partial charge in [0.25, 0.3) is 5.56 Å². The van der Waals surface area contributed by atoms with Crippen LogP contribution < -0.4 is 5.56 Å². The minimum absolute atomic E-state index is 0.0991. The van der Waals surface area contributed by atoms with Crippen LogP contribution in [0.4, 0.5) is 0 Å². The van der Waals surface area contributed by atoms with Crippen LogP contribution >= 0.6 is 0 Å². The summed E-state index contributed by atoms with van der Waals surface area (Å²) in [7, 11) is 0. The molecule has 2 aromatic rings. The summed E-state index contributed by atoms with van der Waals surface area (Å²) in [4.78, 5) is 21.8. The van der Waals surface area contributed by atoms with Gasteiger partial charge in [0.15, 0.2) is 0 Å². The molecule has 1 unspecified atom stereocenters. The predicted molar refractivity (Wildman–Crippen MR) is 82.1 cm³/mol. The van der Waals surface area contributed by atoms with Gasteiger partial charge in [0.2, 0.25) is 0 Å². The lowest BCUT2D eigenvalue weighted by Gasteiger charge is -2.32. The number of aliphatic hydroxyl groups is 1. The lowest BCUT2D eigenvalue weighted by atomic mass is 9.95. The van der Waals surface area contributed by atoms with E-state index in [-0.39, 0.29) is 12.2 Å². The van der Waals surface area contributed by atoms with Gasteiger partial charge < -0.3 is 10.1 Å². The van der Waals surface area contributed by atoms with E-state index in [0.29, 0.717) is 18.2 Å². The van der Waals surface area contributed by atoms with Gasteiger partial charge in [-0.25, -0.2) is 4.98 Å². The number of fused-ring (bicyclic) bond motifs is 1. The van der Waals surface area contributed by atoms with Crippen molar-refractivity contribution >= 4 is 11.0 Å². The molecular weight excluding hydrogens is 266 g/mol. The third-order valence-corrected chi connectivity index (χ3v) is 4.18. The molecule has 1 aliphatic heterocycles. The number of nitrogens with zero attached hydrogens (tertiary/aromatic N) is 2. The summed E-state index contributed by atoms with van der Waals surface area (Å²) in [6, 6.07) is 7.60. The largest absolute Gasteiger partial charge is 0.396 e. The fourth-order valence-electron chi connectivity index (χ4n) is 3.10. The zero-order valence-electron chi connectivity index (χ0n) is 12.1. The molecule has 5 heteroatoms. The molecule has 112 valence electrons. The summed E-state index contributed by atoms with van der Waals surface area (Å²) < 4.78 is 0. The lowest BCUT2D eigenvalue weighted by molar-refractivity contribution is 0.141. The number of likely N-dealkylation sites (tertiary alicyclic amines) is 1. The highest BCUT2D eigenvalue weighted by Gasteiger charge is 2.20. The van der Waals surface area contributed by atoms with E-state index in [1.54, 1.807) is 0 Å². The van der Waals surface area contributed by atoms with Gasteiger partial charge >= 0.3 is 0 Å². The van der Waals surface area contributed by atoms with Crippen molar-refractivity contribution in [2.75, 3.05) is 19.7 Å². The number of hydrogen-bond donors (Lipinski definition) is 2. The van der Waals surface area contributed by atoms with E-state index in [0.717, 1.165) is 37.0 Å². The summed E-state index contributed by atoms with van der Waals surface area (Å²) in [6.07, 6.45) is 3.13. The molecule has 1 atom stereocenters. The van der Waals surface area contributed by atoms with Gasteiger partial charge in [-0.15, -0.1) is 0 Å². The highest BCUT2D eigenvalue weighted by Crippen LogP contribution is 2.20. The highest BCUT2D eigenvalue weighted by atomic mass is 16.3. The second-order valence-corrected chi connectivity index (χ2v) is 5.79. The number of para-hydroxylation sites is 2. The summed E-state index contributed by atoms with van der Waals surface area (Å²) >= 11 is 0. The lowest BCUT2D eigenvalue weighted by Crippen LogP contribution is -2.37. The Morgan fingerprint density at radius 1 is 1.38 bits per heavy atom. The van der Waals surface area contributed by atoms with Crippen LogP contribution in [-0.4, -0.2) is 39.7 Å². The van der Waals surface area contributed by atoms with Crippen LogP contribution in [-0.2, 0) is 6.54 Å². The van der Waals surface area contributed by atoms with Gasteiger partial charge in [0.1, 0.15) is 5.69 Å². The first-order chi connectivity index (χ1) is 10.3. The molecule has 2 heterocycles. The van der Waals surface area contributed by atoms with E-state index in [2.05, 4.69) is 14.9 Å². The van der Waals surface area contributed by atoms with E-state index in [4.69, 9.17) is 5.11 Å². The fourth-order valence-corrected chi connectivity index (χ4v) is 3.10. The molecule has 2 N–H and O–H groups in total. The van der Waals surface area contributed by atoms with Crippen molar-refractivity contribution in [3.8, 4) is 0 Å². The number of rotatable bonds is 4. The van der Waals surface area contributed by atoms with Crippen LogP contribution in [0.15, 0.2) is 29.1 Å². The molecule has 0 aliphatic carbocycles. The van der Waals surface area contributed by atoms with Crippen molar-refractivity contribution in [1.29, 1.82) is 0 Å². The molecule has 0 bridgehead atoms. The van der Waals surface area contributed by atoms with Crippen LogP contribution in [0.25, 0.3) is 11.0 Å². The second kappa shape index (κ2) is 6.37.